The van der Waals surface area contributed by atoms with Crippen LogP contribution in [0.15, 0.2) is 48.5 Å². The number of fused-ring (bicyclic) bond motifs is 1. The standard InChI is InChI=1S/C30H37ClO6/c1-6-12-20(4)36-27-24-19-22(31)15-16-23(24)26(28(34-17-7-2)29(27)35-18-8-3)37-30(32)25(33-5)21-13-10-9-11-14-21/h9-11,13-16,19-20,25H,6-8,12,17-18H2,1-5H3. The van der Waals surface area contributed by atoms with Crippen LogP contribution in [-0.4, -0.2) is 32.4 Å². The largest absolute Gasteiger partial charge is 0.486 e. The zero-order chi connectivity index (χ0) is 26.8. The molecule has 2 unspecified atom stereocenters. The van der Waals surface area contributed by atoms with Crippen molar-refractivity contribution in [3.63, 3.8) is 0 Å². The second-order valence-corrected chi connectivity index (χ2v) is 9.30. The highest BCUT2D eigenvalue weighted by atomic mass is 35.5. The van der Waals surface area contributed by atoms with Gasteiger partial charge < -0.3 is 23.7 Å². The lowest BCUT2D eigenvalue weighted by Crippen LogP contribution is -2.21. The molecule has 3 aromatic rings. The second-order valence-electron chi connectivity index (χ2n) is 8.87. The number of halogens is 1. The van der Waals surface area contributed by atoms with Gasteiger partial charge in [0.25, 0.3) is 0 Å². The topological polar surface area (TPSA) is 63.2 Å². The van der Waals surface area contributed by atoms with Gasteiger partial charge in [0.2, 0.25) is 11.5 Å². The van der Waals surface area contributed by atoms with Crippen molar-refractivity contribution in [2.45, 2.75) is 65.6 Å². The summed E-state index contributed by atoms with van der Waals surface area (Å²) in [5.41, 5.74) is 0.689. The van der Waals surface area contributed by atoms with E-state index in [-0.39, 0.29) is 11.9 Å². The zero-order valence-corrected chi connectivity index (χ0v) is 23.1. The van der Waals surface area contributed by atoms with Crippen molar-refractivity contribution in [3.05, 3.63) is 59.1 Å². The van der Waals surface area contributed by atoms with Crippen molar-refractivity contribution < 1.29 is 28.5 Å². The van der Waals surface area contributed by atoms with Crippen LogP contribution in [0, 0.1) is 0 Å². The minimum Gasteiger partial charge on any atom is -0.486 e. The molecule has 0 aliphatic carbocycles. The molecule has 3 aromatic carbocycles. The molecule has 3 rings (SSSR count). The number of hydrogen-bond donors (Lipinski definition) is 0. The first kappa shape index (κ1) is 28.6. The molecular formula is C30H37ClO6. The molecule has 0 aliphatic rings. The SMILES string of the molecule is CCCOc1c(OCCC)c(OC(C)CCC)c2cc(Cl)ccc2c1OC(=O)C(OC)c1ccccc1. The Kier molecular flexibility index (Phi) is 10.9. The monoisotopic (exact) mass is 528 g/mol. The zero-order valence-electron chi connectivity index (χ0n) is 22.3. The summed E-state index contributed by atoms with van der Waals surface area (Å²) < 4.78 is 30.5. The molecule has 0 N–H and O–H groups in total. The fourth-order valence-electron chi connectivity index (χ4n) is 4.06. The Balaban J connectivity index is 2.23. The molecule has 0 aliphatic heterocycles. The van der Waals surface area contributed by atoms with E-state index in [0.29, 0.717) is 51.8 Å². The normalized spacial score (nSPS) is 12.7. The number of hydrogen-bond acceptors (Lipinski definition) is 6. The molecule has 0 fully saturated rings. The maximum atomic E-state index is 13.5. The molecule has 0 heterocycles. The molecule has 37 heavy (non-hydrogen) atoms. The highest BCUT2D eigenvalue weighted by Crippen LogP contribution is 2.52. The first-order valence-corrected chi connectivity index (χ1v) is 13.3. The first-order chi connectivity index (χ1) is 17.9. The fourth-order valence-corrected chi connectivity index (χ4v) is 4.23. The average molecular weight is 529 g/mol. The molecule has 0 radical (unpaired) electrons. The number of carbonyl (C=O) groups excluding carboxylic acids is 1. The Hall–Kier alpha value is -2.96. The number of methoxy groups -OCH3 is 1. The lowest BCUT2D eigenvalue weighted by Gasteiger charge is -2.25. The van der Waals surface area contributed by atoms with Crippen molar-refractivity contribution in [1.29, 1.82) is 0 Å². The molecule has 200 valence electrons. The molecule has 0 amide bonds. The molecule has 0 saturated heterocycles. The van der Waals surface area contributed by atoms with Crippen molar-refractivity contribution in [3.8, 4) is 23.0 Å². The summed E-state index contributed by atoms with van der Waals surface area (Å²) in [5.74, 6) is 0.958. The van der Waals surface area contributed by atoms with Crippen LogP contribution in [0.5, 0.6) is 23.0 Å². The lowest BCUT2D eigenvalue weighted by atomic mass is 10.1. The van der Waals surface area contributed by atoms with Crippen LogP contribution < -0.4 is 18.9 Å². The molecule has 0 aromatic heterocycles. The summed E-state index contributed by atoms with van der Waals surface area (Å²) in [7, 11) is 1.48. The van der Waals surface area contributed by atoms with Crippen LogP contribution in [0.4, 0.5) is 0 Å². The van der Waals surface area contributed by atoms with Crippen LogP contribution in [0.3, 0.4) is 0 Å². The van der Waals surface area contributed by atoms with Gasteiger partial charge in [0.05, 0.1) is 19.3 Å². The van der Waals surface area contributed by atoms with Crippen molar-refractivity contribution in [2.75, 3.05) is 20.3 Å². The number of carbonyl (C=O) groups is 1. The molecule has 7 heteroatoms. The van der Waals surface area contributed by atoms with E-state index in [1.165, 1.54) is 7.11 Å². The number of rotatable bonds is 14. The minimum atomic E-state index is -0.914. The van der Waals surface area contributed by atoms with Crippen LogP contribution in [0.25, 0.3) is 10.8 Å². The fraction of sp³-hybridized carbons (Fsp3) is 0.433. The van der Waals surface area contributed by atoms with Gasteiger partial charge in [-0.25, -0.2) is 4.79 Å². The van der Waals surface area contributed by atoms with Gasteiger partial charge in [-0.05, 0) is 49.9 Å². The van der Waals surface area contributed by atoms with Gasteiger partial charge in [0, 0.05) is 22.9 Å². The summed E-state index contributed by atoms with van der Waals surface area (Å²) >= 11 is 6.42. The van der Waals surface area contributed by atoms with E-state index in [0.717, 1.165) is 25.7 Å². The minimum absolute atomic E-state index is 0.0699. The van der Waals surface area contributed by atoms with Gasteiger partial charge in [-0.2, -0.15) is 0 Å². The van der Waals surface area contributed by atoms with E-state index < -0.39 is 12.1 Å². The van der Waals surface area contributed by atoms with E-state index in [2.05, 4.69) is 6.92 Å². The van der Waals surface area contributed by atoms with Gasteiger partial charge in [-0.3, -0.25) is 0 Å². The Bertz CT molecular complexity index is 1160. The van der Waals surface area contributed by atoms with Crippen LogP contribution in [-0.2, 0) is 9.53 Å². The summed E-state index contributed by atoms with van der Waals surface area (Å²) in [6, 6.07) is 14.6. The summed E-state index contributed by atoms with van der Waals surface area (Å²) in [6.07, 6.45) is 2.38. The highest BCUT2D eigenvalue weighted by Gasteiger charge is 2.30. The number of benzene rings is 3. The predicted molar refractivity (Wildman–Crippen MR) is 147 cm³/mol. The predicted octanol–water partition coefficient (Wildman–Crippen LogP) is 7.93. The summed E-state index contributed by atoms with van der Waals surface area (Å²) in [6.45, 7) is 9.01. The number of esters is 1. The summed E-state index contributed by atoms with van der Waals surface area (Å²) in [5, 5.41) is 1.84. The van der Waals surface area contributed by atoms with E-state index in [9.17, 15) is 4.79 Å². The van der Waals surface area contributed by atoms with Crippen molar-refractivity contribution >= 4 is 28.3 Å². The van der Waals surface area contributed by atoms with Crippen LogP contribution >= 0.6 is 11.6 Å². The van der Waals surface area contributed by atoms with Gasteiger partial charge in [-0.15, -0.1) is 0 Å². The van der Waals surface area contributed by atoms with Crippen molar-refractivity contribution in [2.24, 2.45) is 0 Å². The third kappa shape index (κ3) is 7.08. The lowest BCUT2D eigenvalue weighted by molar-refractivity contribution is -0.146. The maximum Gasteiger partial charge on any atom is 0.345 e. The van der Waals surface area contributed by atoms with E-state index in [4.69, 9.17) is 35.3 Å². The van der Waals surface area contributed by atoms with Gasteiger partial charge >= 0.3 is 5.97 Å². The van der Waals surface area contributed by atoms with Gasteiger partial charge in [-0.1, -0.05) is 69.1 Å². The quantitative estimate of drug-likeness (QED) is 0.156. The van der Waals surface area contributed by atoms with E-state index in [1.807, 2.05) is 57.2 Å². The Morgan fingerprint density at radius 3 is 2.08 bits per heavy atom. The van der Waals surface area contributed by atoms with E-state index in [1.54, 1.807) is 12.1 Å². The maximum absolute atomic E-state index is 13.5. The number of ether oxygens (including phenoxy) is 5. The van der Waals surface area contributed by atoms with Gasteiger partial charge in [0.1, 0.15) is 0 Å². The molecule has 0 spiro atoms. The van der Waals surface area contributed by atoms with E-state index >= 15 is 0 Å². The molecule has 2 atom stereocenters. The Morgan fingerprint density at radius 1 is 0.838 bits per heavy atom. The molecule has 6 nitrogen and oxygen atoms in total. The Morgan fingerprint density at radius 2 is 1.49 bits per heavy atom. The average Bonchev–Trinajstić information content (AvgIpc) is 2.89. The van der Waals surface area contributed by atoms with Crippen LogP contribution in [0.2, 0.25) is 5.02 Å². The Labute approximate surface area is 224 Å². The smallest absolute Gasteiger partial charge is 0.345 e. The first-order valence-electron chi connectivity index (χ1n) is 13.0. The second kappa shape index (κ2) is 14.1. The highest BCUT2D eigenvalue weighted by molar-refractivity contribution is 6.31. The molecule has 0 saturated carbocycles. The third-order valence-electron chi connectivity index (χ3n) is 5.76. The third-order valence-corrected chi connectivity index (χ3v) is 5.99. The molecule has 0 bridgehead atoms. The van der Waals surface area contributed by atoms with Crippen LogP contribution in [0.1, 0.15) is 65.0 Å². The molecular weight excluding hydrogens is 492 g/mol. The van der Waals surface area contributed by atoms with Crippen molar-refractivity contribution in [1.82, 2.24) is 0 Å². The van der Waals surface area contributed by atoms with Gasteiger partial charge in [0.15, 0.2) is 17.6 Å². The summed E-state index contributed by atoms with van der Waals surface area (Å²) in [4.78, 5) is 13.5.